The number of hydrogen-bond donors (Lipinski definition) is 3. The molecular weight excluding hydrogens is 815 g/mol. The number of aliphatic hydroxyl groups excluding tert-OH is 2. The number of amides is 1. The van der Waals surface area contributed by atoms with Crippen LogP contribution in [0, 0.1) is 0 Å². The Labute approximate surface area is 411 Å². The minimum absolute atomic E-state index is 0.0111. The zero-order valence-corrected chi connectivity index (χ0v) is 44.4. The minimum atomic E-state index is -0.855. The van der Waals surface area contributed by atoms with Crippen LogP contribution in [0.15, 0.2) is 24.3 Å². The number of carbonyl (C=O) groups is 2. The quantitative estimate of drug-likeness (QED) is 0.0321. The van der Waals surface area contributed by atoms with Gasteiger partial charge < -0.3 is 20.3 Å². The Kier molecular flexibility index (Phi) is 54.5. The summed E-state index contributed by atoms with van der Waals surface area (Å²) in [6.45, 7) is 4.88. The third kappa shape index (κ3) is 51.7. The average Bonchev–Trinajstić information content (AvgIpc) is 3.32. The second-order valence-corrected chi connectivity index (χ2v) is 20.3. The van der Waals surface area contributed by atoms with E-state index in [1.807, 2.05) is 6.08 Å². The Morgan fingerprint density at radius 3 is 1.08 bits per heavy atom. The van der Waals surface area contributed by atoms with Gasteiger partial charge in [-0.05, 0) is 57.8 Å². The van der Waals surface area contributed by atoms with Gasteiger partial charge in [0.25, 0.3) is 0 Å². The van der Waals surface area contributed by atoms with Gasteiger partial charge in [-0.15, -0.1) is 0 Å². The van der Waals surface area contributed by atoms with E-state index in [1.54, 1.807) is 6.08 Å². The number of aliphatic hydroxyl groups is 2. The highest BCUT2D eigenvalue weighted by Crippen LogP contribution is 2.17. The predicted molar refractivity (Wildman–Crippen MR) is 287 cm³/mol. The smallest absolute Gasteiger partial charge is 0.305 e. The molecule has 6 heteroatoms. The van der Waals surface area contributed by atoms with Gasteiger partial charge in [0.2, 0.25) is 5.91 Å². The second-order valence-electron chi connectivity index (χ2n) is 20.3. The molecule has 6 nitrogen and oxygen atoms in total. The van der Waals surface area contributed by atoms with Gasteiger partial charge in [-0.3, -0.25) is 9.59 Å². The Bertz CT molecular complexity index is 1030. The lowest BCUT2D eigenvalue weighted by Gasteiger charge is -2.20. The molecule has 2 unspecified atom stereocenters. The van der Waals surface area contributed by atoms with Crippen molar-refractivity contribution in [1.82, 2.24) is 5.32 Å². The summed E-state index contributed by atoms with van der Waals surface area (Å²) in [4.78, 5) is 24.5. The van der Waals surface area contributed by atoms with Gasteiger partial charge in [-0.2, -0.15) is 0 Å². The predicted octanol–water partition coefficient (Wildman–Crippen LogP) is 18.2. The third-order valence-corrected chi connectivity index (χ3v) is 13.7. The zero-order chi connectivity index (χ0) is 47.9. The molecule has 3 N–H and O–H groups in total. The second kappa shape index (κ2) is 55.9. The van der Waals surface area contributed by atoms with E-state index in [1.165, 1.54) is 225 Å². The summed E-state index contributed by atoms with van der Waals surface area (Å²) in [5.74, 6) is -0.0913. The fraction of sp³-hybridized carbons (Fsp3) is 0.900. The number of carbonyl (C=O) groups excluding carboxylic acids is 2. The number of esters is 1. The van der Waals surface area contributed by atoms with Crippen molar-refractivity contribution in [3.63, 3.8) is 0 Å². The third-order valence-electron chi connectivity index (χ3n) is 13.7. The summed E-state index contributed by atoms with van der Waals surface area (Å²) in [5.41, 5.74) is 0. The van der Waals surface area contributed by atoms with Crippen molar-refractivity contribution in [2.24, 2.45) is 0 Å². The largest absolute Gasteiger partial charge is 0.466 e. The van der Waals surface area contributed by atoms with Crippen LogP contribution in [0.3, 0.4) is 0 Å². The molecule has 66 heavy (non-hydrogen) atoms. The Balaban J connectivity index is 3.51. The van der Waals surface area contributed by atoms with Crippen molar-refractivity contribution in [3.8, 4) is 0 Å². The van der Waals surface area contributed by atoms with Crippen LogP contribution in [0.4, 0.5) is 0 Å². The molecule has 0 aromatic heterocycles. The first-order chi connectivity index (χ1) is 32.5. The lowest BCUT2D eigenvalue weighted by Crippen LogP contribution is -2.45. The highest BCUT2D eigenvalue weighted by atomic mass is 16.5. The van der Waals surface area contributed by atoms with Crippen LogP contribution in [0.25, 0.3) is 0 Å². The molecule has 0 saturated heterocycles. The Morgan fingerprint density at radius 2 is 0.712 bits per heavy atom. The first kappa shape index (κ1) is 64.3. The molecule has 2 atom stereocenters. The van der Waals surface area contributed by atoms with Crippen molar-refractivity contribution in [1.29, 1.82) is 0 Å². The zero-order valence-electron chi connectivity index (χ0n) is 44.4. The number of hydrogen-bond acceptors (Lipinski definition) is 5. The first-order valence-corrected chi connectivity index (χ1v) is 29.6. The number of unbranched alkanes of at least 4 members (excludes halogenated alkanes) is 42. The lowest BCUT2D eigenvalue weighted by molar-refractivity contribution is -0.143. The minimum Gasteiger partial charge on any atom is -0.466 e. The maximum Gasteiger partial charge on any atom is 0.305 e. The van der Waals surface area contributed by atoms with Crippen molar-refractivity contribution in [2.75, 3.05) is 13.2 Å². The van der Waals surface area contributed by atoms with Crippen molar-refractivity contribution >= 4 is 11.9 Å². The van der Waals surface area contributed by atoms with Gasteiger partial charge in [-0.1, -0.05) is 276 Å². The van der Waals surface area contributed by atoms with Gasteiger partial charge in [-0.25, -0.2) is 0 Å². The van der Waals surface area contributed by atoms with Crippen LogP contribution < -0.4 is 5.32 Å². The number of nitrogens with one attached hydrogen (secondary N) is 1. The highest BCUT2D eigenvalue weighted by molar-refractivity contribution is 5.76. The topological polar surface area (TPSA) is 95.9 Å². The van der Waals surface area contributed by atoms with Crippen LogP contribution >= 0.6 is 0 Å². The van der Waals surface area contributed by atoms with Gasteiger partial charge in [0.1, 0.15) is 0 Å². The average molecular weight is 931 g/mol. The van der Waals surface area contributed by atoms with Gasteiger partial charge in [0, 0.05) is 12.8 Å². The Morgan fingerprint density at radius 1 is 0.409 bits per heavy atom. The summed E-state index contributed by atoms with van der Waals surface area (Å²) < 4.78 is 5.44. The van der Waals surface area contributed by atoms with Crippen LogP contribution in [0.5, 0.6) is 0 Å². The standard InChI is InChI=1S/C60H115NO5/c1-3-5-7-9-11-13-15-16-17-18-19-20-21-22-23-24-26-29-33-36-40-44-48-52-58(63)57(56-62)61-59(64)53-49-45-41-37-34-30-27-25-28-31-35-39-43-47-51-55-66-60(65)54-50-46-42-38-32-14-12-10-8-6-4-2/h28,31,48,52,57-58,62-63H,3-27,29-30,32-47,49-51,53-56H2,1-2H3,(H,61,64)/b31-28-,52-48+. The lowest BCUT2D eigenvalue weighted by atomic mass is 10.0. The van der Waals surface area contributed by atoms with Crippen LogP contribution in [-0.2, 0) is 14.3 Å². The molecule has 0 aromatic rings. The molecule has 0 heterocycles. The SMILES string of the molecule is CCCCCCCCCCCCCCCCCCCCCCC/C=C/C(O)C(CO)NC(=O)CCCCCCCCC/C=C\CCCCCCOC(=O)CCCCCCCCCCCCC. The summed E-state index contributed by atoms with van der Waals surface area (Å²) in [7, 11) is 0. The monoisotopic (exact) mass is 930 g/mol. The molecule has 0 aliphatic carbocycles. The van der Waals surface area contributed by atoms with Crippen LogP contribution in [0.1, 0.15) is 322 Å². The van der Waals surface area contributed by atoms with E-state index in [4.69, 9.17) is 4.74 Å². The van der Waals surface area contributed by atoms with Gasteiger partial charge in [0.15, 0.2) is 0 Å². The van der Waals surface area contributed by atoms with E-state index >= 15 is 0 Å². The van der Waals surface area contributed by atoms with Crippen molar-refractivity contribution in [2.45, 2.75) is 334 Å². The summed E-state index contributed by atoms with van der Waals surface area (Å²) in [6.07, 6.45) is 67.8. The maximum absolute atomic E-state index is 12.5. The molecule has 0 radical (unpaired) electrons. The van der Waals surface area contributed by atoms with E-state index < -0.39 is 12.1 Å². The molecule has 0 aliphatic heterocycles. The summed E-state index contributed by atoms with van der Waals surface area (Å²) in [6, 6.07) is -0.640. The fourth-order valence-corrected chi connectivity index (χ4v) is 9.16. The molecule has 0 aliphatic rings. The molecule has 0 rings (SSSR count). The normalized spacial score (nSPS) is 12.7. The van der Waals surface area contributed by atoms with E-state index in [9.17, 15) is 19.8 Å². The molecule has 0 spiro atoms. The molecule has 0 saturated carbocycles. The summed E-state index contributed by atoms with van der Waals surface area (Å²) in [5, 5.41) is 23.2. The van der Waals surface area contributed by atoms with E-state index in [-0.39, 0.29) is 18.5 Å². The van der Waals surface area contributed by atoms with Crippen molar-refractivity contribution in [3.05, 3.63) is 24.3 Å². The van der Waals surface area contributed by atoms with E-state index in [2.05, 4.69) is 31.3 Å². The molecule has 0 fully saturated rings. The van der Waals surface area contributed by atoms with Crippen molar-refractivity contribution < 1.29 is 24.5 Å². The van der Waals surface area contributed by atoms with Gasteiger partial charge in [0.05, 0.1) is 25.4 Å². The van der Waals surface area contributed by atoms with E-state index in [0.717, 1.165) is 70.6 Å². The number of rotatable bonds is 55. The summed E-state index contributed by atoms with van der Waals surface area (Å²) >= 11 is 0. The first-order valence-electron chi connectivity index (χ1n) is 29.6. The van der Waals surface area contributed by atoms with Crippen LogP contribution in [-0.4, -0.2) is 47.4 Å². The molecule has 0 aromatic carbocycles. The van der Waals surface area contributed by atoms with Gasteiger partial charge >= 0.3 is 5.97 Å². The number of ether oxygens (including phenoxy) is 1. The number of allylic oxidation sites excluding steroid dienone is 3. The highest BCUT2D eigenvalue weighted by Gasteiger charge is 2.18. The maximum atomic E-state index is 12.5. The fourth-order valence-electron chi connectivity index (χ4n) is 9.16. The van der Waals surface area contributed by atoms with Crippen LogP contribution in [0.2, 0.25) is 0 Å². The Hall–Kier alpha value is -1.66. The molecule has 0 bridgehead atoms. The molecule has 390 valence electrons. The molecular formula is C60H115NO5. The van der Waals surface area contributed by atoms with E-state index in [0.29, 0.717) is 19.4 Å². The molecule has 1 amide bonds.